The molecule has 0 saturated carbocycles. The molecule has 1 amide bonds. The van der Waals surface area contributed by atoms with Crippen molar-refractivity contribution < 1.29 is 4.79 Å². The van der Waals surface area contributed by atoms with Crippen molar-refractivity contribution in [2.24, 2.45) is 11.0 Å². The molecule has 4 rings (SSSR count). The van der Waals surface area contributed by atoms with Gasteiger partial charge in [-0.05, 0) is 62.6 Å². The van der Waals surface area contributed by atoms with Gasteiger partial charge < -0.3 is 0 Å². The van der Waals surface area contributed by atoms with Crippen LogP contribution in [-0.2, 0) is 4.79 Å². The standard InChI is InChI=1S/C24H27Cl3N4O/c1-14-5-4-6-15(2)30(14)29-24(32)22-16(3)23(17-7-9-18(25)10-8-17)31(28-22)21-12-11-19(26)13-20(21)27/h7-16,23H,4-6H2,1-3H3,(H,29,32)/t14?,15?,16-,23+/m0/s1. The van der Waals surface area contributed by atoms with Crippen LogP contribution in [0, 0.1) is 5.92 Å². The van der Waals surface area contributed by atoms with Gasteiger partial charge in [0.1, 0.15) is 5.71 Å². The van der Waals surface area contributed by atoms with Crippen LogP contribution in [0.1, 0.15) is 51.6 Å². The van der Waals surface area contributed by atoms with Crippen LogP contribution in [0.25, 0.3) is 0 Å². The minimum absolute atomic E-state index is 0.168. The Labute approximate surface area is 204 Å². The second kappa shape index (κ2) is 9.60. The van der Waals surface area contributed by atoms with E-state index in [-0.39, 0.29) is 30.0 Å². The number of halogens is 3. The molecule has 0 aliphatic carbocycles. The van der Waals surface area contributed by atoms with Crippen molar-refractivity contribution in [3.8, 4) is 0 Å². The minimum Gasteiger partial charge on any atom is -0.283 e. The number of hydrogen-bond acceptors (Lipinski definition) is 4. The number of hydrazine groups is 1. The number of carbonyl (C=O) groups excluding carboxylic acids is 1. The zero-order chi connectivity index (χ0) is 23.0. The number of rotatable bonds is 4. The molecule has 2 unspecified atom stereocenters. The van der Waals surface area contributed by atoms with E-state index < -0.39 is 0 Å². The second-order valence-corrected chi connectivity index (χ2v) is 9.97. The third-order valence-corrected chi connectivity index (χ3v) is 7.20. The zero-order valence-electron chi connectivity index (χ0n) is 18.4. The number of hydrogen-bond donors (Lipinski definition) is 1. The van der Waals surface area contributed by atoms with Crippen LogP contribution in [0.5, 0.6) is 0 Å². The van der Waals surface area contributed by atoms with Crippen molar-refractivity contribution in [3.63, 3.8) is 0 Å². The van der Waals surface area contributed by atoms with Gasteiger partial charge in [0.15, 0.2) is 0 Å². The first kappa shape index (κ1) is 23.4. The van der Waals surface area contributed by atoms with Crippen LogP contribution in [0.15, 0.2) is 47.6 Å². The summed E-state index contributed by atoms with van der Waals surface area (Å²) < 4.78 is 0. The fourth-order valence-electron chi connectivity index (χ4n) is 4.66. The molecule has 2 heterocycles. The predicted octanol–water partition coefficient (Wildman–Crippen LogP) is 6.49. The average molecular weight is 494 g/mol. The van der Waals surface area contributed by atoms with E-state index in [4.69, 9.17) is 39.9 Å². The summed E-state index contributed by atoms with van der Waals surface area (Å²) in [5.41, 5.74) is 5.30. The van der Waals surface area contributed by atoms with Crippen molar-refractivity contribution in [1.82, 2.24) is 10.4 Å². The lowest BCUT2D eigenvalue weighted by molar-refractivity contribution is -0.122. The number of amides is 1. The van der Waals surface area contributed by atoms with Gasteiger partial charge in [-0.3, -0.25) is 15.2 Å². The lowest BCUT2D eigenvalue weighted by Crippen LogP contribution is -2.56. The molecule has 0 radical (unpaired) electrons. The fourth-order valence-corrected chi connectivity index (χ4v) is 5.28. The molecule has 0 spiro atoms. The maximum absolute atomic E-state index is 13.4. The summed E-state index contributed by atoms with van der Waals surface area (Å²) in [6.07, 6.45) is 3.30. The Kier molecular flexibility index (Phi) is 7.01. The van der Waals surface area contributed by atoms with Gasteiger partial charge >= 0.3 is 0 Å². The lowest BCUT2D eigenvalue weighted by atomic mass is 9.91. The number of nitrogens with one attached hydrogen (secondary N) is 1. The summed E-state index contributed by atoms with van der Waals surface area (Å²) in [4.78, 5) is 13.4. The van der Waals surface area contributed by atoms with E-state index in [1.807, 2.05) is 42.3 Å². The summed E-state index contributed by atoms with van der Waals surface area (Å²) in [7, 11) is 0. The van der Waals surface area contributed by atoms with Crippen molar-refractivity contribution in [1.29, 1.82) is 0 Å². The second-order valence-electron chi connectivity index (χ2n) is 8.69. The highest BCUT2D eigenvalue weighted by molar-refractivity contribution is 6.41. The lowest BCUT2D eigenvalue weighted by Gasteiger charge is -2.38. The van der Waals surface area contributed by atoms with E-state index in [9.17, 15) is 4.79 Å². The van der Waals surface area contributed by atoms with E-state index in [1.165, 1.54) is 6.42 Å². The molecule has 4 atom stereocenters. The molecule has 0 aromatic heterocycles. The summed E-state index contributed by atoms with van der Waals surface area (Å²) >= 11 is 18.8. The molecular formula is C24H27Cl3N4O. The van der Waals surface area contributed by atoms with E-state index >= 15 is 0 Å². The topological polar surface area (TPSA) is 47.9 Å². The Hall–Kier alpha value is -1.79. The first-order chi connectivity index (χ1) is 15.3. The fraction of sp³-hybridized carbons (Fsp3) is 0.417. The number of hydrazone groups is 1. The van der Waals surface area contributed by atoms with Gasteiger partial charge in [-0.1, -0.05) is 60.3 Å². The molecule has 2 aromatic carbocycles. The summed E-state index contributed by atoms with van der Waals surface area (Å²) in [6.45, 7) is 6.31. The van der Waals surface area contributed by atoms with Crippen LogP contribution in [-0.4, -0.2) is 28.7 Å². The molecule has 170 valence electrons. The molecule has 2 aliphatic rings. The largest absolute Gasteiger partial charge is 0.283 e. The number of anilines is 1. The van der Waals surface area contributed by atoms with Gasteiger partial charge in [-0.2, -0.15) is 5.10 Å². The highest BCUT2D eigenvalue weighted by atomic mass is 35.5. The van der Waals surface area contributed by atoms with Crippen LogP contribution < -0.4 is 10.4 Å². The van der Waals surface area contributed by atoms with Crippen molar-refractivity contribution in [2.75, 3.05) is 5.01 Å². The Balaban J connectivity index is 1.69. The van der Waals surface area contributed by atoms with E-state index in [2.05, 4.69) is 24.3 Å². The molecule has 2 aliphatic heterocycles. The predicted molar refractivity (Wildman–Crippen MR) is 132 cm³/mol. The van der Waals surface area contributed by atoms with Gasteiger partial charge in [0, 0.05) is 28.0 Å². The molecule has 2 aromatic rings. The molecule has 1 saturated heterocycles. The van der Waals surface area contributed by atoms with Gasteiger partial charge in [0.25, 0.3) is 5.91 Å². The molecule has 5 nitrogen and oxygen atoms in total. The quantitative estimate of drug-likeness (QED) is 0.529. The highest BCUT2D eigenvalue weighted by Crippen LogP contribution is 2.42. The number of benzene rings is 2. The van der Waals surface area contributed by atoms with E-state index in [0.717, 1.165) is 18.4 Å². The van der Waals surface area contributed by atoms with Crippen molar-refractivity contribution >= 4 is 52.1 Å². The summed E-state index contributed by atoms with van der Waals surface area (Å²) in [6, 6.07) is 13.3. The molecule has 8 heteroatoms. The molecule has 1 fully saturated rings. The number of piperidine rings is 1. The first-order valence-corrected chi connectivity index (χ1v) is 12.1. The monoisotopic (exact) mass is 492 g/mol. The number of nitrogens with zero attached hydrogens (tertiary/aromatic N) is 3. The van der Waals surface area contributed by atoms with Crippen molar-refractivity contribution in [2.45, 2.75) is 58.2 Å². The van der Waals surface area contributed by atoms with E-state index in [0.29, 0.717) is 26.5 Å². The normalized spacial score (nSPS) is 26.2. The van der Waals surface area contributed by atoms with Crippen LogP contribution >= 0.6 is 34.8 Å². The third-order valence-electron chi connectivity index (χ3n) is 6.41. The SMILES string of the molecule is CC1CCCC(C)N1NC(=O)C1=NN(c2ccc(Cl)cc2Cl)[C@@H](c2ccc(Cl)cc2)[C@H]1C. The highest BCUT2D eigenvalue weighted by Gasteiger charge is 2.41. The Morgan fingerprint density at radius 2 is 1.59 bits per heavy atom. The van der Waals surface area contributed by atoms with Crippen molar-refractivity contribution in [3.05, 3.63) is 63.1 Å². The van der Waals surface area contributed by atoms with Crippen LogP contribution in [0.4, 0.5) is 5.69 Å². The van der Waals surface area contributed by atoms with E-state index in [1.54, 1.807) is 12.1 Å². The van der Waals surface area contributed by atoms with Gasteiger partial charge in [0.05, 0.1) is 16.8 Å². The summed E-state index contributed by atoms with van der Waals surface area (Å²) in [5, 5.41) is 10.3. The maximum atomic E-state index is 13.4. The minimum atomic E-state index is -0.206. The maximum Gasteiger partial charge on any atom is 0.282 e. The average Bonchev–Trinajstić information content (AvgIpc) is 3.08. The van der Waals surface area contributed by atoms with Crippen LogP contribution in [0.2, 0.25) is 15.1 Å². The number of carbonyl (C=O) groups is 1. The molecule has 1 N–H and O–H groups in total. The smallest absolute Gasteiger partial charge is 0.282 e. The van der Waals surface area contributed by atoms with Crippen LogP contribution in [0.3, 0.4) is 0 Å². The summed E-state index contributed by atoms with van der Waals surface area (Å²) in [5.74, 6) is -0.344. The molecular weight excluding hydrogens is 467 g/mol. The van der Waals surface area contributed by atoms with Gasteiger partial charge in [-0.25, -0.2) is 5.01 Å². The van der Waals surface area contributed by atoms with Gasteiger partial charge in [0.2, 0.25) is 0 Å². The Morgan fingerprint density at radius 3 is 2.22 bits per heavy atom. The molecule has 32 heavy (non-hydrogen) atoms. The Morgan fingerprint density at radius 1 is 0.969 bits per heavy atom. The van der Waals surface area contributed by atoms with Gasteiger partial charge in [-0.15, -0.1) is 0 Å². The Bertz CT molecular complexity index is 1020. The first-order valence-electron chi connectivity index (χ1n) is 10.9. The third kappa shape index (κ3) is 4.62. The zero-order valence-corrected chi connectivity index (χ0v) is 20.6. The molecule has 0 bridgehead atoms.